The monoisotopic (exact) mass is 181 g/mol. The van der Waals surface area contributed by atoms with Crippen LogP contribution >= 0.6 is 0 Å². The Morgan fingerprint density at radius 1 is 1.38 bits per heavy atom. The lowest BCUT2D eigenvalue weighted by molar-refractivity contribution is 0.254. The van der Waals surface area contributed by atoms with E-state index in [4.69, 9.17) is 10.2 Å². The molecule has 0 aliphatic carbocycles. The van der Waals surface area contributed by atoms with Gasteiger partial charge in [0.25, 0.3) is 0 Å². The van der Waals surface area contributed by atoms with E-state index >= 15 is 0 Å². The Morgan fingerprint density at radius 3 is 2.54 bits per heavy atom. The van der Waals surface area contributed by atoms with Crippen molar-refractivity contribution in [3.8, 4) is 5.75 Å². The van der Waals surface area contributed by atoms with Crippen LogP contribution in [0.3, 0.4) is 0 Å². The molecule has 1 aromatic rings. The Kier molecular flexibility index (Phi) is 3.00. The van der Waals surface area contributed by atoms with E-state index in [-0.39, 0.29) is 19.0 Å². The number of aromatic hydroxyl groups is 1. The molecule has 0 unspecified atom stereocenters. The minimum atomic E-state index is -0.328. The first-order valence-electron chi connectivity index (χ1n) is 3.78. The van der Waals surface area contributed by atoms with Crippen molar-refractivity contribution in [3.05, 3.63) is 29.6 Å². The van der Waals surface area contributed by atoms with Crippen molar-refractivity contribution in [3.63, 3.8) is 0 Å². The average molecular weight is 181 g/mol. The molecule has 1 rings (SSSR count). The van der Waals surface area contributed by atoms with E-state index in [9.17, 15) is 5.11 Å². The molecule has 13 heavy (non-hydrogen) atoms. The van der Waals surface area contributed by atoms with Crippen LogP contribution in [0.4, 0.5) is 0 Å². The molecule has 0 saturated heterocycles. The molecular formula is C9H11NO3. The van der Waals surface area contributed by atoms with Crippen LogP contribution in [0, 0.1) is 0 Å². The molecule has 4 heteroatoms. The van der Waals surface area contributed by atoms with Crippen LogP contribution < -0.4 is 0 Å². The van der Waals surface area contributed by atoms with Crippen LogP contribution in [-0.4, -0.2) is 20.3 Å². The number of hydrogen-bond acceptors (Lipinski definition) is 4. The molecule has 0 aliphatic heterocycles. The highest BCUT2D eigenvalue weighted by Gasteiger charge is 2.10. The van der Waals surface area contributed by atoms with E-state index in [2.05, 4.69) is 11.6 Å². The summed E-state index contributed by atoms with van der Waals surface area (Å²) in [6.45, 7) is 2.87. The quantitative estimate of drug-likeness (QED) is 0.631. The van der Waals surface area contributed by atoms with E-state index in [1.807, 2.05) is 0 Å². The highest BCUT2D eigenvalue weighted by atomic mass is 16.3. The molecule has 0 bridgehead atoms. The maximum absolute atomic E-state index is 9.50. The fraction of sp³-hybridized carbons (Fsp3) is 0.222. The van der Waals surface area contributed by atoms with Gasteiger partial charge in [0.05, 0.1) is 13.2 Å². The second-order valence-electron chi connectivity index (χ2n) is 2.52. The van der Waals surface area contributed by atoms with Crippen LogP contribution in [0.2, 0.25) is 0 Å². The molecule has 0 saturated carbocycles. The van der Waals surface area contributed by atoms with Gasteiger partial charge in [0.1, 0.15) is 11.4 Å². The average Bonchev–Trinajstić information content (AvgIpc) is 2.17. The number of pyridine rings is 1. The smallest absolute Gasteiger partial charge is 0.147 e. The van der Waals surface area contributed by atoms with Crippen molar-refractivity contribution in [2.24, 2.45) is 0 Å². The summed E-state index contributed by atoms with van der Waals surface area (Å²) in [5.41, 5.74) is 1.03. The highest BCUT2D eigenvalue weighted by Crippen LogP contribution is 2.24. The zero-order chi connectivity index (χ0) is 9.84. The Labute approximate surface area is 75.8 Å². The van der Waals surface area contributed by atoms with E-state index in [1.54, 1.807) is 0 Å². The Bertz CT molecular complexity index is 323. The maximum atomic E-state index is 9.50. The third-order valence-corrected chi connectivity index (χ3v) is 1.80. The first kappa shape index (κ1) is 9.70. The molecule has 0 spiro atoms. The van der Waals surface area contributed by atoms with Crippen LogP contribution in [0.5, 0.6) is 5.75 Å². The van der Waals surface area contributed by atoms with Gasteiger partial charge in [0.15, 0.2) is 0 Å². The predicted octanol–water partition coefficient (Wildman–Crippen LogP) is 0.415. The van der Waals surface area contributed by atoms with Gasteiger partial charge in [-0.15, -0.1) is 0 Å². The minimum absolute atomic E-state index is 0.121. The highest BCUT2D eigenvalue weighted by molar-refractivity contribution is 5.55. The third-order valence-electron chi connectivity index (χ3n) is 1.80. The molecule has 0 aliphatic rings. The van der Waals surface area contributed by atoms with Gasteiger partial charge in [-0.1, -0.05) is 6.58 Å². The third kappa shape index (κ3) is 1.68. The van der Waals surface area contributed by atoms with Crippen LogP contribution in [0.1, 0.15) is 16.8 Å². The molecule has 3 N–H and O–H groups in total. The lowest BCUT2D eigenvalue weighted by Gasteiger charge is -2.08. The molecule has 0 fully saturated rings. The number of aliphatic hydroxyl groups is 2. The standard InChI is InChI=1S/C9H11NO3/c1-2-8-9(13)7(5-12)6(4-11)3-10-8/h2-3,11-13H,1,4-5H2. The second kappa shape index (κ2) is 4.02. The van der Waals surface area contributed by atoms with Crippen molar-refractivity contribution in [2.45, 2.75) is 13.2 Å². The molecule has 0 amide bonds. The van der Waals surface area contributed by atoms with Crippen molar-refractivity contribution < 1.29 is 15.3 Å². The van der Waals surface area contributed by atoms with E-state index in [0.717, 1.165) is 0 Å². The van der Waals surface area contributed by atoms with E-state index in [0.29, 0.717) is 16.8 Å². The molecule has 70 valence electrons. The summed E-state index contributed by atoms with van der Waals surface area (Å²) >= 11 is 0. The topological polar surface area (TPSA) is 73.6 Å². The van der Waals surface area contributed by atoms with Crippen LogP contribution in [-0.2, 0) is 13.2 Å². The van der Waals surface area contributed by atoms with Gasteiger partial charge < -0.3 is 15.3 Å². The largest absolute Gasteiger partial charge is 0.505 e. The number of hydrogen-bond donors (Lipinski definition) is 3. The molecule has 4 nitrogen and oxygen atoms in total. The number of aliphatic hydroxyl groups excluding tert-OH is 2. The van der Waals surface area contributed by atoms with E-state index in [1.165, 1.54) is 12.3 Å². The first-order valence-corrected chi connectivity index (χ1v) is 3.78. The second-order valence-corrected chi connectivity index (χ2v) is 2.52. The molecule has 0 atom stereocenters. The summed E-state index contributed by atoms with van der Waals surface area (Å²) in [6, 6.07) is 0. The first-order chi connectivity index (χ1) is 6.24. The lowest BCUT2D eigenvalue weighted by atomic mass is 10.1. The molecule has 0 radical (unpaired) electrons. The predicted molar refractivity (Wildman–Crippen MR) is 47.8 cm³/mol. The molecule has 0 aromatic carbocycles. The lowest BCUT2D eigenvalue weighted by Crippen LogP contribution is -1.98. The summed E-state index contributed by atoms with van der Waals surface area (Å²) < 4.78 is 0. The Balaban J connectivity index is 3.31. The normalized spacial score (nSPS) is 10.0. The fourth-order valence-corrected chi connectivity index (χ4v) is 1.06. The fourth-order valence-electron chi connectivity index (χ4n) is 1.06. The number of nitrogens with zero attached hydrogens (tertiary/aromatic N) is 1. The van der Waals surface area contributed by atoms with E-state index < -0.39 is 0 Å². The molecular weight excluding hydrogens is 170 g/mol. The Hall–Kier alpha value is -1.39. The summed E-state index contributed by atoms with van der Waals surface area (Å²) in [7, 11) is 0. The van der Waals surface area contributed by atoms with Gasteiger partial charge in [0, 0.05) is 17.3 Å². The van der Waals surface area contributed by atoms with Crippen molar-refractivity contribution in [1.82, 2.24) is 4.98 Å². The van der Waals surface area contributed by atoms with Crippen molar-refractivity contribution in [2.75, 3.05) is 0 Å². The minimum Gasteiger partial charge on any atom is -0.505 e. The maximum Gasteiger partial charge on any atom is 0.147 e. The van der Waals surface area contributed by atoms with Crippen LogP contribution in [0.15, 0.2) is 12.8 Å². The molecule has 1 aromatic heterocycles. The summed E-state index contributed by atoms with van der Waals surface area (Å²) in [5.74, 6) is -0.121. The summed E-state index contributed by atoms with van der Waals surface area (Å²) in [4.78, 5) is 3.84. The van der Waals surface area contributed by atoms with Gasteiger partial charge in [-0.05, 0) is 6.08 Å². The zero-order valence-corrected chi connectivity index (χ0v) is 7.06. The van der Waals surface area contributed by atoms with Gasteiger partial charge in [-0.3, -0.25) is 4.98 Å². The summed E-state index contributed by atoms with van der Waals surface area (Å²) in [5, 5.41) is 27.3. The van der Waals surface area contributed by atoms with Crippen molar-refractivity contribution >= 4 is 6.08 Å². The number of aromatic nitrogens is 1. The van der Waals surface area contributed by atoms with Gasteiger partial charge >= 0.3 is 0 Å². The van der Waals surface area contributed by atoms with Crippen molar-refractivity contribution in [1.29, 1.82) is 0 Å². The Morgan fingerprint density at radius 2 is 2.08 bits per heavy atom. The van der Waals surface area contributed by atoms with Gasteiger partial charge in [-0.25, -0.2) is 0 Å². The van der Waals surface area contributed by atoms with Crippen LogP contribution in [0.25, 0.3) is 6.08 Å². The van der Waals surface area contributed by atoms with Gasteiger partial charge in [0.2, 0.25) is 0 Å². The van der Waals surface area contributed by atoms with Gasteiger partial charge in [-0.2, -0.15) is 0 Å². The SMILES string of the molecule is C=Cc1ncc(CO)c(CO)c1O. The summed E-state index contributed by atoms with van der Waals surface area (Å²) in [6.07, 6.45) is 2.79. The molecule has 1 heterocycles. The number of rotatable bonds is 3. The zero-order valence-electron chi connectivity index (χ0n) is 7.06.